The number of piperazine rings is 1. The first-order valence-corrected chi connectivity index (χ1v) is 8.83. The van der Waals surface area contributed by atoms with Gasteiger partial charge in [-0.05, 0) is 13.3 Å². The Bertz CT molecular complexity index is 617. The number of benzene rings is 1. The van der Waals surface area contributed by atoms with E-state index in [-0.39, 0.29) is 18.7 Å². The second-order valence-electron chi connectivity index (χ2n) is 6.42. The molecule has 1 fully saturated rings. The van der Waals surface area contributed by atoms with Gasteiger partial charge in [-0.1, -0.05) is 37.3 Å². The van der Waals surface area contributed by atoms with Gasteiger partial charge in [-0.3, -0.25) is 9.80 Å². The molecule has 130 valence electrons. The van der Waals surface area contributed by atoms with E-state index in [2.05, 4.69) is 28.6 Å². The van der Waals surface area contributed by atoms with E-state index < -0.39 is 0 Å². The maximum absolute atomic E-state index is 9.46. The summed E-state index contributed by atoms with van der Waals surface area (Å²) >= 11 is 0. The maximum Gasteiger partial charge on any atom is 0.211 e. The summed E-state index contributed by atoms with van der Waals surface area (Å²) in [6, 6.07) is 10.5. The van der Waals surface area contributed by atoms with Crippen molar-refractivity contribution in [3.8, 4) is 11.3 Å². The van der Waals surface area contributed by atoms with Crippen molar-refractivity contribution >= 4 is 0 Å². The van der Waals surface area contributed by atoms with E-state index in [0.29, 0.717) is 0 Å². The van der Waals surface area contributed by atoms with Crippen LogP contribution in [0.3, 0.4) is 0 Å². The van der Waals surface area contributed by atoms with Crippen LogP contribution in [0.15, 0.2) is 40.9 Å². The summed E-state index contributed by atoms with van der Waals surface area (Å²) in [6.45, 7) is 8.44. The quantitative estimate of drug-likeness (QED) is 0.883. The number of aromatic nitrogens is 1. The summed E-state index contributed by atoms with van der Waals surface area (Å²) in [7, 11) is 0. The van der Waals surface area contributed by atoms with Gasteiger partial charge in [-0.2, -0.15) is 0 Å². The Kier molecular flexibility index (Phi) is 5.66. The van der Waals surface area contributed by atoms with Crippen LogP contribution in [0.4, 0.5) is 0 Å². The second kappa shape index (κ2) is 7.92. The minimum atomic E-state index is 0.166. The molecule has 1 N–H and O–H groups in total. The largest absolute Gasteiger partial charge is 0.439 e. The lowest BCUT2D eigenvalue weighted by Crippen LogP contribution is -2.51. The van der Waals surface area contributed by atoms with E-state index in [9.17, 15) is 5.11 Å². The number of aliphatic hydroxyl groups excluding tert-OH is 1. The molecule has 1 aliphatic rings. The molecule has 0 radical (unpaired) electrons. The number of hydrogen-bond acceptors (Lipinski definition) is 5. The van der Waals surface area contributed by atoms with Crippen molar-refractivity contribution in [3.63, 3.8) is 0 Å². The van der Waals surface area contributed by atoms with Crippen molar-refractivity contribution in [2.75, 3.05) is 32.8 Å². The van der Waals surface area contributed by atoms with E-state index >= 15 is 0 Å². The molecule has 0 spiro atoms. The predicted octanol–water partition coefficient (Wildman–Crippen LogP) is 2.79. The molecule has 0 amide bonds. The average Bonchev–Trinajstić information content (AvgIpc) is 3.14. The van der Waals surface area contributed by atoms with E-state index in [1.165, 1.54) is 0 Å². The molecule has 1 aliphatic heterocycles. The molecule has 1 aromatic carbocycles. The van der Waals surface area contributed by atoms with Gasteiger partial charge in [-0.25, -0.2) is 4.98 Å². The molecular formula is C19H27N3O2. The molecular weight excluding hydrogens is 302 g/mol. The maximum atomic E-state index is 9.46. The molecule has 3 rings (SSSR count). The second-order valence-corrected chi connectivity index (χ2v) is 6.42. The minimum Gasteiger partial charge on any atom is -0.439 e. The first-order valence-electron chi connectivity index (χ1n) is 8.83. The molecule has 2 atom stereocenters. The van der Waals surface area contributed by atoms with Crippen LogP contribution in [0.1, 0.15) is 32.2 Å². The molecule has 5 nitrogen and oxygen atoms in total. The third-order valence-electron chi connectivity index (χ3n) is 5.03. The third-order valence-corrected chi connectivity index (χ3v) is 5.03. The zero-order chi connectivity index (χ0) is 16.9. The minimum absolute atomic E-state index is 0.166. The van der Waals surface area contributed by atoms with Crippen LogP contribution in [0.25, 0.3) is 11.3 Å². The zero-order valence-corrected chi connectivity index (χ0v) is 14.6. The standard InChI is InChI=1S/C19H27N3O2/c1-3-17(14-23)22-11-9-21(10-12-22)15(2)19-20-13-18(24-19)16-7-5-4-6-8-16/h4-8,13,15,17,23H,3,9-12,14H2,1-2H3. The van der Waals surface area contributed by atoms with Gasteiger partial charge in [0.25, 0.3) is 0 Å². The fourth-order valence-corrected chi connectivity index (χ4v) is 3.37. The first kappa shape index (κ1) is 17.1. The highest BCUT2D eigenvalue weighted by Crippen LogP contribution is 2.26. The molecule has 5 heteroatoms. The summed E-state index contributed by atoms with van der Waals surface area (Å²) in [5.74, 6) is 1.60. The van der Waals surface area contributed by atoms with Crippen LogP contribution in [0.5, 0.6) is 0 Å². The van der Waals surface area contributed by atoms with Crippen molar-refractivity contribution in [2.45, 2.75) is 32.4 Å². The van der Waals surface area contributed by atoms with Gasteiger partial charge in [-0.15, -0.1) is 0 Å². The summed E-state index contributed by atoms with van der Waals surface area (Å²) in [5.41, 5.74) is 1.06. The first-order chi connectivity index (χ1) is 11.7. The van der Waals surface area contributed by atoms with Crippen LogP contribution in [0.2, 0.25) is 0 Å². The molecule has 2 unspecified atom stereocenters. The fraction of sp³-hybridized carbons (Fsp3) is 0.526. The Morgan fingerprint density at radius 3 is 2.42 bits per heavy atom. The molecule has 0 saturated carbocycles. The monoisotopic (exact) mass is 329 g/mol. The number of aliphatic hydroxyl groups is 1. The fourth-order valence-electron chi connectivity index (χ4n) is 3.37. The Morgan fingerprint density at radius 1 is 1.12 bits per heavy atom. The molecule has 1 aromatic heterocycles. The van der Waals surface area contributed by atoms with Gasteiger partial charge in [0.1, 0.15) is 0 Å². The zero-order valence-electron chi connectivity index (χ0n) is 14.6. The lowest BCUT2D eigenvalue weighted by atomic mass is 10.1. The van der Waals surface area contributed by atoms with Gasteiger partial charge in [0.15, 0.2) is 5.76 Å². The molecule has 2 heterocycles. The molecule has 2 aromatic rings. The third kappa shape index (κ3) is 3.69. The molecule has 24 heavy (non-hydrogen) atoms. The summed E-state index contributed by atoms with van der Waals surface area (Å²) in [5, 5.41) is 9.46. The number of rotatable bonds is 6. The lowest BCUT2D eigenvalue weighted by molar-refractivity contribution is 0.0436. The van der Waals surface area contributed by atoms with Gasteiger partial charge in [0, 0.05) is 37.8 Å². The van der Waals surface area contributed by atoms with Crippen molar-refractivity contribution in [1.29, 1.82) is 0 Å². The predicted molar refractivity (Wildman–Crippen MR) is 94.7 cm³/mol. The van der Waals surface area contributed by atoms with E-state index in [1.54, 1.807) is 0 Å². The van der Waals surface area contributed by atoms with Gasteiger partial charge >= 0.3 is 0 Å². The Hall–Kier alpha value is -1.69. The van der Waals surface area contributed by atoms with Crippen molar-refractivity contribution in [2.24, 2.45) is 0 Å². The highest BCUT2D eigenvalue weighted by Gasteiger charge is 2.27. The smallest absolute Gasteiger partial charge is 0.211 e. The topological polar surface area (TPSA) is 52.7 Å². The normalized spacial score (nSPS) is 19.3. The Morgan fingerprint density at radius 2 is 1.79 bits per heavy atom. The summed E-state index contributed by atoms with van der Waals surface area (Å²) < 4.78 is 5.99. The molecule has 1 saturated heterocycles. The van der Waals surface area contributed by atoms with Crippen molar-refractivity contribution < 1.29 is 9.52 Å². The van der Waals surface area contributed by atoms with Crippen LogP contribution in [-0.4, -0.2) is 58.7 Å². The van der Waals surface area contributed by atoms with Crippen LogP contribution in [-0.2, 0) is 0 Å². The number of nitrogens with zero attached hydrogens (tertiary/aromatic N) is 3. The van der Waals surface area contributed by atoms with E-state index in [0.717, 1.165) is 49.8 Å². The van der Waals surface area contributed by atoms with Crippen LogP contribution < -0.4 is 0 Å². The van der Waals surface area contributed by atoms with Gasteiger partial charge in [0.2, 0.25) is 5.89 Å². The summed E-state index contributed by atoms with van der Waals surface area (Å²) in [6.07, 6.45) is 2.81. The highest BCUT2D eigenvalue weighted by molar-refractivity contribution is 5.55. The van der Waals surface area contributed by atoms with Crippen molar-refractivity contribution in [1.82, 2.24) is 14.8 Å². The lowest BCUT2D eigenvalue weighted by Gasteiger charge is -2.40. The van der Waals surface area contributed by atoms with Gasteiger partial charge < -0.3 is 9.52 Å². The summed E-state index contributed by atoms with van der Waals surface area (Å²) in [4.78, 5) is 9.28. The molecule has 0 bridgehead atoms. The number of oxazole rings is 1. The highest BCUT2D eigenvalue weighted by atomic mass is 16.4. The molecule has 0 aliphatic carbocycles. The van der Waals surface area contributed by atoms with Gasteiger partial charge in [0.05, 0.1) is 18.8 Å². The van der Waals surface area contributed by atoms with Crippen LogP contribution >= 0.6 is 0 Å². The van der Waals surface area contributed by atoms with E-state index in [4.69, 9.17) is 4.42 Å². The van der Waals surface area contributed by atoms with Crippen molar-refractivity contribution in [3.05, 3.63) is 42.4 Å². The Balaban J connectivity index is 1.62. The average molecular weight is 329 g/mol. The Labute approximate surface area is 143 Å². The van der Waals surface area contributed by atoms with Crippen LogP contribution in [0, 0.1) is 0 Å². The number of hydrogen-bond donors (Lipinski definition) is 1. The SMILES string of the molecule is CCC(CO)N1CCN(C(C)c2ncc(-c3ccccc3)o2)CC1. The van der Waals surface area contributed by atoms with E-state index in [1.807, 2.05) is 36.5 Å².